The third-order valence-corrected chi connectivity index (χ3v) is 4.87. The summed E-state index contributed by atoms with van der Waals surface area (Å²) in [5.41, 5.74) is 0. The molecule has 1 amide bonds. The van der Waals surface area contributed by atoms with E-state index in [2.05, 4.69) is 29.9 Å². The van der Waals surface area contributed by atoms with Gasteiger partial charge in [-0.25, -0.2) is 0 Å². The topological polar surface area (TPSA) is 32.3 Å². The Morgan fingerprint density at radius 2 is 2.28 bits per heavy atom. The molecule has 0 saturated heterocycles. The maximum atomic E-state index is 11.8. The molecule has 2 rings (SSSR count). The van der Waals surface area contributed by atoms with Crippen molar-refractivity contribution in [1.82, 2.24) is 10.2 Å². The van der Waals surface area contributed by atoms with E-state index in [1.807, 2.05) is 11.4 Å². The zero-order valence-electron chi connectivity index (χ0n) is 10.7. The Hall–Kier alpha value is -0.520. The first-order valence-electron chi connectivity index (χ1n) is 6.43. The number of likely N-dealkylation sites (N-methyl/N-ethyl adjacent to an activating group) is 1. The van der Waals surface area contributed by atoms with Crippen LogP contribution in [-0.4, -0.2) is 37.0 Å². The van der Waals surface area contributed by atoms with E-state index in [-0.39, 0.29) is 5.91 Å². The number of thiophene rings is 1. The van der Waals surface area contributed by atoms with Crippen LogP contribution in [0.5, 0.6) is 0 Å². The first-order valence-corrected chi connectivity index (χ1v) is 7.75. The highest BCUT2D eigenvalue weighted by Crippen LogP contribution is 2.22. The Labute approximate surface area is 118 Å². The molecule has 1 aromatic heterocycles. The normalized spacial score (nSPS) is 16.4. The first-order chi connectivity index (χ1) is 8.66. The molecular formula is C13H20N2OS2. The molecule has 5 heteroatoms. The molecule has 0 radical (unpaired) electrons. The van der Waals surface area contributed by atoms with Gasteiger partial charge in [0, 0.05) is 29.4 Å². The lowest BCUT2D eigenvalue weighted by molar-refractivity contribution is 0.0951. The Morgan fingerprint density at radius 3 is 2.89 bits per heavy atom. The Morgan fingerprint density at radius 1 is 1.56 bits per heavy atom. The van der Waals surface area contributed by atoms with Crippen molar-refractivity contribution in [3.63, 3.8) is 0 Å². The number of hydrogen-bond donors (Lipinski definition) is 2. The summed E-state index contributed by atoms with van der Waals surface area (Å²) in [7, 11) is 2.15. The van der Waals surface area contributed by atoms with Crippen molar-refractivity contribution in [3.05, 3.63) is 16.3 Å². The van der Waals surface area contributed by atoms with Crippen LogP contribution in [0.2, 0.25) is 0 Å². The second-order valence-corrected chi connectivity index (χ2v) is 6.27. The number of amides is 1. The van der Waals surface area contributed by atoms with Crippen molar-refractivity contribution < 1.29 is 4.79 Å². The summed E-state index contributed by atoms with van der Waals surface area (Å²) in [5.74, 6) is 0.0140. The zero-order chi connectivity index (χ0) is 13.0. The molecule has 1 fully saturated rings. The maximum absolute atomic E-state index is 11.8. The molecule has 1 saturated carbocycles. The summed E-state index contributed by atoms with van der Waals surface area (Å²) >= 11 is 5.64. The molecule has 0 bridgehead atoms. The van der Waals surface area contributed by atoms with E-state index in [1.165, 1.54) is 37.0 Å². The van der Waals surface area contributed by atoms with Gasteiger partial charge in [0.25, 0.3) is 5.91 Å². The van der Waals surface area contributed by atoms with E-state index < -0.39 is 0 Å². The maximum Gasteiger partial charge on any atom is 0.261 e. The highest BCUT2D eigenvalue weighted by atomic mass is 32.1. The smallest absolute Gasteiger partial charge is 0.261 e. The van der Waals surface area contributed by atoms with E-state index in [0.717, 1.165) is 16.3 Å². The van der Waals surface area contributed by atoms with Gasteiger partial charge in [-0.05, 0) is 26.0 Å². The number of carbonyl (C=O) groups is 1. The summed E-state index contributed by atoms with van der Waals surface area (Å²) in [6.45, 7) is 1.64. The number of nitrogens with one attached hydrogen (secondary N) is 1. The molecule has 1 aromatic rings. The summed E-state index contributed by atoms with van der Waals surface area (Å²) in [6, 6.07) is 2.52. The first kappa shape index (κ1) is 13.9. The standard InChI is InChI=1S/C13H20N2OS2/c1-15(10-4-2-3-5-10)7-6-14-13(16)12-8-11(17)9-18-12/h8-10,17H,2-7H2,1H3,(H,14,16). The molecule has 1 aliphatic rings. The molecule has 100 valence electrons. The van der Waals surface area contributed by atoms with Crippen molar-refractivity contribution in [3.8, 4) is 0 Å². The third-order valence-electron chi connectivity index (χ3n) is 3.51. The number of carbonyl (C=O) groups excluding carboxylic acids is 1. The highest BCUT2D eigenvalue weighted by Gasteiger charge is 2.19. The van der Waals surface area contributed by atoms with Gasteiger partial charge in [-0.15, -0.1) is 24.0 Å². The van der Waals surface area contributed by atoms with Gasteiger partial charge < -0.3 is 10.2 Å². The van der Waals surface area contributed by atoms with Crippen LogP contribution >= 0.6 is 24.0 Å². The van der Waals surface area contributed by atoms with Crippen LogP contribution in [0.25, 0.3) is 0 Å². The lowest BCUT2D eigenvalue weighted by atomic mass is 10.2. The quantitative estimate of drug-likeness (QED) is 0.815. The molecular weight excluding hydrogens is 264 g/mol. The van der Waals surface area contributed by atoms with Gasteiger partial charge in [-0.2, -0.15) is 0 Å². The molecule has 1 aliphatic carbocycles. The Kier molecular flexibility index (Phi) is 5.09. The lowest BCUT2D eigenvalue weighted by Crippen LogP contribution is -2.37. The zero-order valence-corrected chi connectivity index (χ0v) is 12.4. The third kappa shape index (κ3) is 3.73. The molecule has 0 atom stereocenters. The van der Waals surface area contributed by atoms with Crippen LogP contribution in [-0.2, 0) is 0 Å². The van der Waals surface area contributed by atoms with Crippen molar-refractivity contribution in [2.24, 2.45) is 0 Å². The fourth-order valence-corrected chi connectivity index (χ4v) is 3.47. The minimum Gasteiger partial charge on any atom is -0.350 e. The molecule has 0 aliphatic heterocycles. The summed E-state index contributed by atoms with van der Waals surface area (Å²) in [4.78, 5) is 15.8. The van der Waals surface area contributed by atoms with E-state index in [4.69, 9.17) is 0 Å². The lowest BCUT2D eigenvalue weighted by Gasteiger charge is -2.23. The predicted molar refractivity (Wildman–Crippen MR) is 78.8 cm³/mol. The van der Waals surface area contributed by atoms with Gasteiger partial charge >= 0.3 is 0 Å². The fraction of sp³-hybridized carbons (Fsp3) is 0.615. The summed E-state index contributed by atoms with van der Waals surface area (Å²) < 4.78 is 0. The second-order valence-electron chi connectivity index (χ2n) is 4.84. The van der Waals surface area contributed by atoms with E-state index >= 15 is 0 Å². The molecule has 1 N–H and O–H groups in total. The summed E-state index contributed by atoms with van der Waals surface area (Å²) in [5, 5.41) is 4.84. The number of nitrogens with zero attached hydrogens (tertiary/aromatic N) is 1. The van der Waals surface area contributed by atoms with Crippen LogP contribution < -0.4 is 5.32 Å². The minimum atomic E-state index is 0.0140. The predicted octanol–water partition coefficient (Wildman–Crippen LogP) is 2.64. The van der Waals surface area contributed by atoms with Crippen LogP contribution in [0.1, 0.15) is 35.4 Å². The van der Waals surface area contributed by atoms with Crippen molar-refractivity contribution >= 4 is 29.9 Å². The van der Waals surface area contributed by atoms with Crippen molar-refractivity contribution in [2.75, 3.05) is 20.1 Å². The van der Waals surface area contributed by atoms with Crippen LogP contribution in [0.3, 0.4) is 0 Å². The van der Waals surface area contributed by atoms with Crippen molar-refractivity contribution in [1.29, 1.82) is 0 Å². The number of hydrogen-bond acceptors (Lipinski definition) is 4. The SMILES string of the molecule is CN(CCNC(=O)c1cc(S)cs1)C1CCCC1. The van der Waals surface area contributed by atoms with Gasteiger partial charge in [0.1, 0.15) is 0 Å². The molecule has 1 heterocycles. The van der Waals surface area contributed by atoms with Crippen LogP contribution in [0, 0.1) is 0 Å². The van der Waals surface area contributed by atoms with Crippen LogP contribution in [0.4, 0.5) is 0 Å². The van der Waals surface area contributed by atoms with Crippen LogP contribution in [0.15, 0.2) is 16.3 Å². The number of thiol groups is 1. The minimum absolute atomic E-state index is 0.0140. The number of rotatable bonds is 5. The molecule has 0 unspecified atom stereocenters. The van der Waals surface area contributed by atoms with Gasteiger partial charge in [0.15, 0.2) is 0 Å². The Balaban J connectivity index is 1.70. The van der Waals surface area contributed by atoms with Gasteiger partial charge in [-0.3, -0.25) is 4.79 Å². The van der Waals surface area contributed by atoms with E-state index in [9.17, 15) is 4.79 Å². The average Bonchev–Trinajstić information content (AvgIpc) is 2.99. The summed E-state index contributed by atoms with van der Waals surface area (Å²) in [6.07, 6.45) is 5.30. The highest BCUT2D eigenvalue weighted by molar-refractivity contribution is 7.80. The second kappa shape index (κ2) is 6.59. The monoisotopic (exact) mass is 284 g/mol. The van der Waals surface area contributed by atoms with Gasteiger partial charge in [0.05, 0.1) is 4.88 Å². The van der Waals surface area contributed by atoms with E-state index in [1.54, 1.807) is 0 Å². The van der Waals surface area contributed by atoms with E-state index in [0.29, 0.717) is 12.6 Å². The molecule has 0 aromatic carbocycles. The fourth-order valence-electron chi connectivity index (χ4n) is 2.41. The van der Waals surface area contributed by atoms with Crippen molar-refractivity contribution in [2.45, 2.75) is 36.6 Å². The Bertz CT molecular complexity index is 399. The molecule has 3 nitrogen and oxygen atoms in total. The molecule has 18 heavy (non-hydrogen) atoms. The van der Waals surface area contributed by atoms with Gasteiger partial charge in [-0.1, -0.05) is 12.8 Å². The average molecular weight is 284 g/mol. The molecule has 0 spiro atoms. The van der Waals surface area contributed by atoms with Gasteiger partial charge in [0.2, 0.25) is 0 Å². The largest absolute Gasteiger partial charge is 0.350 e.